The maximum absolute atomic E-state index is 12.6. The van der Waals surface area contributed by atoms with Crippen LogP contribution in [0.15, 0.2) is 0 Å². The average Bonchev–Trinajstić information content (AvgIpc) is 3.17. The Morgan fingerprint density at radius 2 is 1.70 bits per heavy atom. The molecule has 1 heterocycles. The first-order valence-electron chi connectivity index (χ1n) is 8.87. The first-order chi connectivity index (χ1) is 10.6. The van der Waals surface area contributed by atoms with Gasteiger partial charge in [0, 0.05) is 19.2 Å². The maximum Gasteiger partial charge on any atom is 0.408 e. The minimum atomic E-state index is -3.03. The summed E-state index contributed by atoms with van der Waals surface area (Å²) in [5.74, 6) is 0. The van der Waals surface area contributed by atoms with E-state index in [2.05, 4.69) is 33.9 Å². The Labute approximate surface area is 143 Å². The van der Waals surface area contributed by atoms with Crippen LogP contribution in [0.5, 0.6) is 0 Å². The van der Waals surface area contributed by atoms with Crippen LogP contribution in [0.2, 0.25) is 18.1 Å². The molecule has 0 aromatic rings. The van der Waals surface area contributed by atoms with Gasteiger partial charge in [-0.2, -0.15) is 0 Å². The summed E-state index contributed by atoms with van der Waals surface area (Å²) in [7, 11) is -4.66. The summed E-state index contributed by atoms with van der Waals surface area (Å²) in [6.07, 6.45) is 3.18. The molecule has 0 N–H and O–H groups in total. The van der Waals surface area contributed by atoms with Crippen LogP contribution in [0.3, 0.4) is 0 Å². The fourth-order valence-corrected chi connectivity index (χ4v) is 5.26. The van der Waals surface area contributed by atoms with Gasteiger partial charge in [0.25, 0.3) is 0 Å². The van der Waals surface area contributed by atoms with Crippen molar-refractivity contribution in [1.29, 1.82) is 0 Å². The molecule has 0 bridgehead atoms. The number of hydrogen-bond acceptors (Lipinski definition) is 4. The van der Waals surface area contributed by atoms with Crippen LogP contribution in [0.25, 0.3) is 0 Å². The van der Waals surface area contributed by atoms with Crippen molar-refractivity contribution in [2.24, 2.45) is 0 Å². The molecule has 1 aliphatic rings. The minimum Gasteiger partial charge on any atom is -0.417 e. The molecule has 23 heavy (non-hydrogen) atoms. The third-order valence-electron chi connectivity index (χ3n) is 4.79. The number of unbranched alkanes of at least 4 members (excludes halogenated alkanes) is 1. The fourth-order valence-electron chi connectivity index (χ4n) is 2.25. The summed E-state index contributed by atoms with van der Waals surface area (Å²) < 4.78 is 31.4. The lowest BCUT2D eigenvalue weighted by Gasteiger charge is -2.36. The molecule has 1 aliphatic heterocycles. The van der Waals surface area contributed by atoms with E-state index in [0.29, 0.717) is 19.3 Å². The van der Waals surface area contributed by atoms with Gasteiger partial charge in [0.1, 0.15) is 0 Å². The molecule has 0 radical (unpaired) electrons. The summed E-state index contributed by atoms with van der Waals surface area (Å²) in [5.41, 5.74) is 0. The number of hydrogen-bond donors (Lipinski definition) is 0. The lowest BCUT2D eigenvalue weighted by molar-refractivity contribution is 0.194. The molecule has 1 saturated heterocycles. The quantitative estimate of drug-likeness (QED) is 0.222. The van der Waals surface area contributed by atoms with Gasteiger partial charge in [0.2, 0.25) is 0 Å². The lowest BCUT2D eigenvalue weighted by atomic mass is 10.2. The second-order valence-corrected chi connectivity index (χ2v) is 14.5. The molecule has 2 unspecified atom stereocenters. The zero-order valence-corrected chi connectivity index (χ0v) is 17.9. The van der Waals surface area contributed by atoms with Crippen molar-refractivity contribution in [2.75, 3.05) is 26.4 Å². The highest BCUT2D eigenvalue weighted by Gasteiger charge is 2.49. The van der Waals surface area contributed by atoms with E-state index in [4.69, 9.17) is 13.5 Å². The Hall–Kier alpha value is 0.287. The minimum absolute atomic E-state index is 0.266. The molecular weight excluding hydrogens is 329 g/mol. The van der Waals surface area contributed by atoms with E-state index in [0.717, 1.165) is 32.4 Å². The average molecular weight is 366 g/mol. The van der Waals surface area contributed by atoms with Gasteiger partial charge in [-0.1, -0.05) is 20.8 Å². The van der Waals surface area contributed by atoms with Crippen molar-refractivity contribution < 1.29 is 18.0 Å². The molecular formula is C16H36NO4PSi. The van der Waals surface area contributed by atoms with Crippen molar-refractivity contribution in [3.05, 3.63) is 0 Å². The standard InChI is InChI=1S/C16H36NO4PSi/c1-8-19-22(18,20-9-2)17-14-15(17)12-10-11-13-21-23(6,7)16(3,4)5/h15H,8-14H2,1-7H3. The van der Waals surface area contributed by atoms with E-state index in [1.807, 2.05) is 18.5 Å². The van der Waals surface area contributed by atoms with Gasteiger partial charge in [-0.3, -0.25) is 9.05 Å². The number of nitrogens with zero attached hydrogens (tertiary/aromatic N) is 1. The molecule has 0 aromatic heterocycles. The Kier molecular flexibility index (Phi) is 7.97. The summed E-state index contributed by atoms with van der Waals surface area (Å²) in [6.45, 7) is 17.6. The SMILES string of the molecule is CCOP(=O)(OCC)N1CC1CCCCO[Si](C)(C)C(C)(C)C. The Morgan fingerprint density at radius 3 is 2.17 bits per heavy atom. The summed E-state index contributed by atoms with van der Waals surface area (Å²) >= 11 is 0. The molecule has 0 amide bonds. The summed E-state index contributed by atoms with van der Waals surface area (Å²) in [5, 5.41) is 0.266. The smallest absolute Gasteiger partial charge is 0.408 e. The van der Waals surface area contributed by atoms with Crippen molar-refractivity contribution in [3.63, 3.8) is 0 Å². The maximum atomic E-state index is 12.6. The second-order valence-electron chi connectivity index (χ2n) is 7.68. The third-order valence-corrected chi connectivity index (χ3v) is 11.6. The van der Waals surface area contributed by atoms with Crippen LogP contribution >= 0.6 is 7.75 Å². The number of rotatable bonds is 11. The summed E-state index contributed by atoms with van der Waals surface area (Å²) in [6, 6.07) is 0.340. The largest absolute Gasteiger partial charge is 0.417 e. The van der Waals surface area contributed by atoms with Crippen molar-refractivity contribution >= 4 is 16.1 Å². The van der Waals surface area contributed by atoms with Crippen molar-refractivity contribution in [3.8, 4) is 0 Å². The molecule has 2 atom stereocenters. The molecule has 0 spiro atoms. The molecule has 0 saturated carbocycles. The predicted molar refractivity (Wildman–Crippen MR) is 98.4 cm³/mol. The molecule has 1 rings (SSSR count). The first kappa shape index (κ1) is 21.3. The molecule has 1 fully saturated rings. The fraction of sp³-hybridized carbons (Fsp3) is 1.00. The van der Waals surface area contributed by atoms with E-state index in [-0.39, 0.29) is 5.04 Å². The Bertz CT molecular complexity index is 401. The zero-order valence-electron chi connectivity index (χ0n) is 16.1. The zero-order chi connectivity index (χ0) is 17.7. The molecule has 7 heteroatoms. The normalized spacial score (nSPS) is 22.4. The van der Waals surface area contributed by atoms with Gasteiger partial charge in [-0.15, -0.1) is 0 Å². The molecule has 0 aliphatic carbocycles. The van der Waals surface area contributed by atoms with Crippen LogP contribution in [0.1, 0.15) is 53.9 Å². The monoisotopic (exact) mass is 365 g/mol. The molecule has 0 aromatic carbocycles. The van der Waals surface area contributed by atoms with E-state index in [9.17, 15) is 4.57 Å². The highest BCUT2D eigenvalue weighted by atomic mass is 31.2. The third kappa shape index (κ3) is 6.26. The van der Waals surface area contributed by atoms with Crippen LogP contribution < -0.4 is 0 Å². The molecule has 138 valence electrons. The van der Waals surface area contributed by atoms with Crippen LogP contribution in [-0.4, -0.2) is 45.4 Å². The Morgan fingerprint density at radius 1 is 1.13 bits per heavy atom. The first-order valence-corrected chi connectivity index (χ1v) is 13.3. The van der Waals surface area contributed by atoms with E-state index in [1.54, 1.807) is 0 Å². The highest BCUT2D eigenvalue weighted by molar-refractivity contribution is 7.51. The van der Waals surface area contributed by atoms with Crippen LogP contribution in [0, 0.1) is 0 Å². The topological polar surface area (TPSA) is 47.8 Å². The van der Waals surface area contributed by atoms with Gasteiger partial charge >= 0.3 is 7.75 Å². The predicted octanol–water partition coefficient (Wildman–Crippen LogP) is 5.04. The van der Waals surface area contributed by atoms with Crippen LogP contribution in [0.4, 0.5) is 0 Å². The Balaban J connectivity index is 2.25. The summed E-state index contributed by atoms with van der Waals surface area (Å²) in [4.78, 5) is 0. The van der Waals surface area contributed by atoms with Crippen molar-refractivity contribution in [2.45, 2.75) is 78.1 Å². The van der Waals surface area contributed by atoms with Gasteiger partial charge in [0.05, 0.1) is 13.2 Å². The molecule has 5 nitrogen and oxygen atoms in total. The van der Waals surface area contributed by atoms with Gasteiger partial charge < -0.3 is 4.43 Å². The highest BCUT2D eigenvalue weighted by Crippen LogP contribution is 2.59. The van der Waals surface area contributed by atoms with Crippen molar-refractivity contribution in [1.82, 2.24) is 4.67 Å². The van der Waals surface area contributed by atoms with Gasteiger partial charge in [0.15, 0.2) is 8.32 Å². The van der Waals surface area contributed by atoms with Crippen LogP contribution in [-0.2, 0) is 18.0 Å². The second kappa shape index (κ2) is 8.59. The van der Waals surface area contributed by atoms with Gasteiger partial charge in [-0.25, -0.2) is 9.24 Å². The van der Waals surface area contributed by atoms with E-state index < -0.39 is 16.1 Å². The van der Waals surface area contributed by atoms with Gasteiger partial charge in [-0.05, 0) is 51.2 Å². The van der Waals surface area contributed by atoms with E-state index >= 15 is 0 Å². The van der Waals surface area contributed by atoms with E-state index in [1.165, 1.54) is 0 Å². The lowest BCUT2D eigenvalue weighted by Crippen LogP contribution is -2.40.